The van der Waals surface area contributed by atoms with Crippen LogP contribution in [0, 0.1) is 5.41 Å². The monoisotopic (exact) mass is 159 g/mol. The van der Waals surface area contributed by atoms with E-state index >= 15 is 0 Å². The molecule has 0 saturated carbocycles. The molecule has 0 fully saturated rings. The molecule has 0 radical (unpaired) electrons. The second kappa shape index (κ2) is 3.86. The first kappa shape index (κ1) is 8.72. The van der Waals surface area contributed by atoms with Crippen molar-refractivity contribution in [2.45, 2.75) is 13.8 Å². The van der Waals surface area contributed by atoms with Crippen LogP contribution in [0.15, 0.2) is 47.6 Å². The van der Waals surface area contributed by atoms with Gasteiger partial charge in [0, 0.05) is 0 Å². The Morgan fingerprint density at radius 1 is 1.25 bits per heavy atom. The summed E-state index contributed by atoms with van der Waals surface area (Å²) >= 11 is 0. The zero-order chi connectivity index (χ0) is 8.97. The quantitative estimate of drug-likeness (QED) is 0.608. The van der Waals surface area contributed by atoms with Gasteiger partial charge in [-0.25, -0.2) is 0 Å². The van der Waals surface area contributed by atoms with Crippen molar-refractivity contribution in [1.29, 1.82) is 5.41 Å². The normalized spacial score (nSPS) is 16.2. The van der Waals surface area contributed by atoms with Crippen LogP contribution in [0.3, 0.4) is 0 Å². The molecule has 0 saturated heterocycles. The summed E-state index contributed by atoms with van der Waals surface area (Å²) in [4.78, 5) is 0. The van der Waals surface area contributed by atoms with Gasteiger partial charge in [0.05, 0.1) is 5.71 Å². The number of hydrogen-bond donors (Lipinski definition) is 1. The summed E-state index contributed by atoms with van der Waals surface area (Å²) in [6.07, 6.45) is 11.6. The molecule has 0 amide bonds. The molecule has 12 heavy (non-hydrogen) atoms. The minimum absolute atomic E-state index is 0.562. The van der Waals surface area contributed by atoms with Crippen molar-refractivity contribution in [3.63, 3.8) is 0 Å². The maximum atomic E-state index is 7.31. The van der Waals surface area contributed by atoms with Gasteiger partial charge in [0.25, 0.3) is 0 Å². The van der Waals surface area contributed by atoms with E-state index in [1.807, 2.05) is 37.3 Å². The van der Waals surface area contributed by atoms with Crippen LogP contribution in [0.2, 0.25) is 0 Å². The Morgan fingerprint density at radius 2 is 1.83 bits per heavy atom. The first-order valence-corrected chi connectivity index (χ1v) is 4.02. The topological polar surface area (TPSA) is 23.9 Å². The van der Waals surface area contributed by atoms with E-state index < -0.39 is 0 Å². The van der Waals surface area contributed by atoms with Gasteiger partial charge in [-0.3, -0.25) is 0 Å². The Bertz CT molecular complexity index is 283. The molecule has 0 aromatic rings. The van der Waals surface area contributed by atoms with Crippen molar-refractivity contribution in [2.75, 3.05) is 0 Å². The van der Waals surface area contributed by atoms with E-state index in [1.165, 1.54) is 11.1 Å². The van der Waals surface area contributed by atoms with Gasteiger partial charge in [0.2, 0.25) is 0 Å². The Hall–Kier alpha value is -1.37. The fraction of sp³-hybridized carbons (Fsp3) is 0.182. The highest BCUT2D eigenvalue weighted by atomic mass is 14.4. The van der Waals surface area contributed by atoms with Crippen LogP contribution >= 0.6 is 0 Å². The fourth-order valence-corrected chi connectivity index (χ4v) is 1.08. The lowest BCUT2D eigenvalue weighted by atomic mass is 10.0. The van der Waals surface area contributed by atoms with Crippen LogP contribution in [0.1, 0.15) is 13.8 Å². The predicted octanol–water partition coefficient (Wildman–Crippen LogP) is 3.02. The van der Waals surface area contributed by atoms with Gasteiger partial charge in [0.15, 0.2) is 0 Å². The third kappa shape index (κ3) is 2.06. The summed E-state index contributed by atoms with van der Waals surface area (Å²) in [5, 5.41) is 7.31. The highest BCUT2D eigenvalue weighted by Gasteiger charge is 1.97. The Morgan fingerprint density at radius 3 is 2.33 bits per heavy atom. The van der Waals surface area contributed by atoms with E-state index in [2.05, 4.69) is 13.0 Å². The molecule has 1 rings (SSSR count). The van der Waals surface area contributed by atoms with Gasteiger partial charge in [-0.2, -0.15) is 0 Å². The first-order chi connectivity index (χ1) is 5.74. The summed E-state index contributed by atoms with van der Waals surface area (Å²) in [6, 6.07) is 0. The Labute approximate surface area is 73.3 Å². The number of allylic oxidation sites excluding steroid dienone is 8. The highest BCUT2D eigenvalue weighted by Crippen LogP contribution is 2.12. The van der Waals surface area contributed by atoms with Crippen molar-refractivity contribution in [3.05, 3.63) is 47.6 Å². The summed E-state index contributed by atoms with van der Waals surface area (Å²) in [7, 11) is 0. The van der Waals surface area contributed by atoms with E-state index in [-0.39, 0.29) is 0 Å². The zero-order valence-electron chi connectivity index (χ0n) is 7.46. The molecule has 0 aromatic heterocycles. The molecule has 0 unspecified atom stereocenters. The van der Waals surface area contributed by atoms with Crippen LogP contribution < -0.4 is 0 Å². The third-order valence-corrected chi connectivity index (χ3v) is 1.76. The highest BCUT2D eigenvalue weighted by molar-refractivity contribution is 6.03. The summed E-state index contributed by atoms with van der Waals surface area (Å²) < 4.78 is 0. The summed E-state index contributed by atoms with van der Waals surface area (Å²) in [5.74, 6) is 0. The molecule has 0 aromatic carbocycles. The minimum atomic E-state index is 0.562. The average molecular weight is 159 g/mol. The van der Waals surface area contributed by atoms with Crippen molar-refractivity contribution in [3.8, 4) is 0 Å². The molecule has 0 bridgehead atoms. The van der Waals surface area contributed by atoms with Gasteiger partial charge in [-0.15, -0.1) is 0 Å². The Kier molecular flexibility index (Phi) is 2.81. The number of nitrogens with one attached hydrogen (secondary N) is 1. The molecule has 0 heterocycles. The Balaban J connectivity index is 2.92. The summed E-state index contributed by atoms with van der Waals surface area (Å²) in [5.41, 5.74) is 2.98. The van der Waals surface area contributed by atoms with E-state index in [0.29, 0.717) is 5.71 Å². The van der Waals surface area contributed by atoms with Crippen LogP contribution in [0.5, 0.6) is 0 Å². The molecule has 1 heteroatoms. The van der Waals surface area contributed by atoms with Gasteiger partial charge in [0.1, 0.15) is 0 Å². The molecule has 1 N–H and O–H groups in total. The lowest BCUT2D eigenvalue weighted by molar-refractivity contribution is 1.42. The third-order valence-electron chi connectivity index (χ3n) is 1.76. The van der Waals surface area contributed by atoms with Crippen molar-refractivity contribution in [1.82, 2.24) is 0 Å². The van der Waals surface area contributed by atoms with Crippen molar-refractivity contribution < 1.29 is 0 Å². The number of hydrogen-bond acceptors (Lipinski definition) is 1. The van der Waals surface area contributed by atoms with Gasteiger partial charge >= 0.3 is 0 Å². The second-order valence-corrected chi connectivity index (χ2v) is 2.76. The SMILES string of the molecule is C/C=C/C(C)=C1C=CC(=N)C=C1. The molecule has 1 aliphatic rings. The smallest absolute Gasteiger partial charge is 0.0540 e. The lowest BCUT2D eigenvalue weighted by Gasteiger charge is -2.03. The molecule has 0 aliphatic heterocycles. The average Bonchev–Trinajstić information content (AvgIpc) is 2.06. The molecule has 0 atom stereocenters. The molecule has 1 nitrogen and oxygen atoms in total. The minimum Gasteiger partial charge on any atom is -0.301 e. The van der Waals surface area contributed by atoms with Crippen molar-refractivity contribution >= 4 is 5.71 Å². The summed E-state index contributed by atoms with van der Waals surface area (Å²) in [6.45, 7) is 4.07. The van der Waals surface area contributed by atoms with E-state index in [4.69, 9.17) is 5.41 Å². The van der Waals surface area contributed by atoms with Gasteiger partial charge < -0.3 is 5.41 Å². The molecular formula is C11H13N. The molecule has 0 spiro atoms. The molecular weight excluding hydrogens is 146 g/mol. The zero-order valence-corrected chi connectivity index (χ0v) is 7.46. The van der Waals surface area contributed by atoms with Gasteiger partial charge in [-0.1, -0.05) is 24.3 Å². The predicted molar refractivity (Wildman–Crippen MR) is 53.5 cm³/mol. The van der Waals surface area contributed by atoms with Gasteiger partial charge in [-0.05, 0) is 37.1 Å². The van der Waals surface area contributed by atoms with Crippen LogP contribution in [-0.4, -0.2) is 5.71 Å². The lowest BCUT2D eigenvalue weighted by Crippen LogP contribution is -1.91. The maximum absolute atomic E-state index is 7.31. The van der Waals surface area contributed by atoms with Crippen LogP contribution in [-0.2, 0) is 0 Å². The second-order valence-electron chi connectivity index (χ2n) is 2.76. The van der Waals surface area contributed by atoms with E-state index in [9.17, 15) is 0 Å². The number of rotatable bonds is 1. The first-order valence-electron chi connectivity index (χ1n) is 4.02. The van der Waals surface area contributed by atoms with Crippen LogP contribution in [0.25, 0.3) is 0 Å². The van der Waals surface area contributed by atoms with Crippen LogP contribution in [0.4, 0.5) is 0 Å². The van der Waals surface area contributed by atoms with Crippen molar-refractivity contribution in [2.24, 2.45) is 0 Å². The largest absolute Gasteiger partial charge is 0.301 e. The molecule has 62 valence electrons. The van der Waals surface area contributed by atoms with E-state index in [0.717, 1.165) is 0 Å². The van der Waals surface area contributed by atoms with E-state index in [1.54, 1.807) is 0 Å². The fourth-order valence-electron chi connectivity index (χ4n) is 1.08. The molecule has 1 aliphatic carbocycles. The standard InChI is InChI=1S/C11H13N/c1-3-4-9(2)10-5-7-11(12)8-6-10/h3-8,12H,1-2H3/b4-3+,10-9?,12-11?. The maximum Gasteiger partial charge on any atom is 0.0540 e.